The molecule has 1 heterocycles. The van der Waals surface area contributed by atoms with Crippen LogP contribution in [0.25, 0.3) is 0 Å². The van der Waals surface area contributed by atoms with Gasteiger partial charge in [-0.05, 0) is 40.9 Å². The summed E-state index contributed by atoms with van der Waals surface area (Å²) < 4.78 is 0.745. The minimum Gasteiger partial charge on any atom is -0.331 e. The van der Waals surface area contributed by atoms with Gasteiger partial charge < -0.3 is 4.90 Å². The maximum Gasteiger partial charge on any atom is 0.274 e. The van der Waals surface area contributed by atoms with Gasteiger partial charge in [-0.15, -0.1) is 6.58 Å². The van der Waals surface area contributed by atoms with E-state index in [-0.39, 0.29) is 5.91 Å². The smallest absolute Gasteiger partial charge is 0.274 e. The predicted molar refractivity (Wildman–Crippen MR) is 66.2 cm³/mol. The highest BCUT2D eigenvalue weighted by Crippen LogP contribution is 2.28. The molecule has 0 atom stereocenters. The lowest BCUT2D eigenvalue weighted by atomic mass is 10.3. The molecule has 1 saturated carbocycles. The first-order valence-corrected chi connectivity index (χ1v) is 6.05. The van der Waals surface area contributed by atoms with Crippen molar-refractivity contribution in [3.63, 3.8) is 0 Å². The maximum absolute atomic E-state index is 12.2. The van der Waals surface area contributed by atoms with Crippen LogP contribution in [0.1, 0.15) is 23.3 Å². The number of rotatable bonds is 4. The van der Waals surface area contributed by atoms with Crippen LogP contribution < -0.4 is 0 Å². The van der Waals surface area contributed by atoms with Crippen LogP contribution in [0.5, 0.6) is 0 Å². The maximum atomic E-state index is 12.2. The van der Waals surface area contributed by atoms with Gasteiger partial charge in [0.05, 0.1) is 0 Å². The zero-order valence-corrected chi connectivity index (χ0v) is 10.5. The fraction of sp³-hybridized carbons (Fsp3) is 0.333. The van der Waals surface area contributed by atoms with Crippen molar-refractivity contribution in [2.45, 2.75) is 18.9 Å². The summed E-state index contributed by atoms with van der Waals surface area (Å²) in [6, 6.07) is 4.01. The third kappa shape index (κ3) is 2.32. The molecule has 1 fully saturated rings. The second-order valence-corrected chi connectivity index (χ2v) is 4.67. The highest BCUT2D eigenvalue weighted by atomic mass is 79.9. The molecule has 0 unspecified atom stereocenters. The van der Waals surface area contributed by atoms with Gasteiger partial charge in [-0.1, -0.05) is 6.08 Å². The van der Waals surface area contributed by atoms with Crippen LogP contribution in [0, 0.1) is 0 Å². The first-order chi connectivity index (χ1) is 7.74. The average Bonchev–Trinajstić information content (AvgIpc) is 3.09. The van der Waals surface area contributed by atoms with Crippen molar-refractivity contribution in [1.82, 2.24) is 9.88 Å². The summed E-state index contributed by atoms with van der Waals surface area (Å²) in [4.78, 5) is 18.2. The molecule has 3 nitrogen and oxygen atoms in total. The highest BCUT2D eigenvalue weighted by molar-refractivity contribution is 9.10. The van der Waals surface area contributed by atoms with Gasteiger partial charge in [-0.25, -0.2) is 4.98 Å². The van der Waals surface area contributed by atoms with E-state index in [0.29, 0.717) is 18.3 Å². The number of aromatic nitrogens is 1. The Kier molecular flexibility index (Phi) is 3.39. The van der Waals surface area contributed by atoms with Crippen LogP contribution in [0.3, 0.4) is 0 Å². The molecule has 1 aromatic heterocycles. The molecule has 0 spiro atoms. The summed E-state index contributed by atoms with van der Waals surface area (Å²) >= 11 is 3.35. The quantitative estimate of drug-likeness (QED) is 0.795. The normalized spacial score (nSPS) is 14.6. The Balaban J connectivity index is 2.22. The third-order valence-electron chi connectivity index (χ3n) is 2.54. The van der Waals surface area contributed by atoms with Gasteiger partial charge in [0.15, 0.2) is 0 Å². The Hall–Kier alpha value is -1.16. The van der Waals surface area contributed by atoms with Gasteiger partial charge in [0.2, 0.25) is 0 Å². The second kappa shape index (κ2) is 4.78. The minimum absolute atomic E-state index is 0.0186. The van der Waals surface area contributed by atoms with Crippen LogP contribution in [-0.2, 0) is 0 Å². The number of amides is 1. The number of carbonyl (C=O) groups excluding carboxylic acids is 1. The molecule has 16 heavy (non-hydrogen) atoms. The standard InChI is InChI=1S/C12H13BrN2O/c1-2-8-15(9-5-6-9)12(16)11-10(13)4-3-7-14-11/h2-4,7,9H,1,5-6,8H2. The largest absolute Gasteiger partial charge is 0.331 e. The molecule has 1 aromatic rings. The summed E-state index contributed by atoms with van der Waals surface area (Å²) in [6.07, 6.45) is 5.57. The van der Waals surface area contributed by atoms with E-state index < -0.39 is 0 Å². The zero-order chi connectivity index (χ0) is 11.5. The van der Waals surface area contributed by atoms with Gasteiger partial charge in [0.25, 0.3) is 5.91 Å². The molecule has 2 rings (SSSR count). The van der Waals surface area contributed by atoms with E-state index in [9.17, 15) is 4.79 Å². The van der Waals surface area contributed by atoms with E-state index in [2.05, 4.69) is 27.5 Å². The van der Waals surface area contributed by atoms with Crippen LogP contribution in [0.4, 0.5) is 0 Å². The molecule has 1 aliphatic carbocycles. The van der Waals surface area contributed by atoms with Gasteiger partial charge in [0.1, 0.15) is 5.69 Å². The van der Waals surface area contributed by atoms with Gasteiger partial charge in [-0.2, -0.15) is 0 Å². The molecule has 4 heteroatoms. The molecule has 0 aliphatic heterocycles. The lowest BCUT2D eigenvalue weighted by molar-refractivity contribution is 0.0756. The van der Waals surface area contributed by atoms with Crippen molar-refractivity contribution in [3.8, 4) is 0 Å². The first-order valence-electron chi connectivity index (χ1n) is 5.26. The number of pyridine rings is 1. The Bertz CT molecular complexity index is 415. The lowest BCUT2D eigenvalue weighted by Gasteiger charge is -2.20. The first kappa shape index (κ1) is 11.3. The molecule has 0 N–H and O–H groups in total. The molecule has 1 aliphatic rings. The van der Waals surface area contributed by atoms with Crippen molar-refractivity contribution in [3.05, 3.63) is 41.2 Å². The van der Waals surface area contributed by atoms with E-state index in [1.54, 1.807) is 18.3 Å². The van der Waals surface area contributed by atoms with E-state index >= 15 is 0 Å². The Labute approximate surface area is 103 Å². The van der Waals surface area contributed by atoms with Crippen LogP contribution in [0.15, 0.2) is 35.5 Å². The highest BCUT2D eigenvalue weighted by Gasteiger charge is 2.33. The van der Waals surface area contributed by atoms with Gasteiger partial charge in [-0.3, -0.25) is 4.79 Å². The molecular weight excluding hydrogens is 268 g/mol. The van der Waals surface area contributed by atoms with E-state index in [1.165, 1.54) is 0 Å². The molecule has 0 radical (unpaired) electrons. The zero-order valence-electron chi connectivity index (χ0n) is 8.90. The number of carbonyl (C=O) groups is 1. The molecular formula is C12H13BrN2O. The van der Waals surface area contributed by atoms with Crippen LogP contribution in [-0.4, -0.2) is 28.4 Å². The molecule has 0 saturated heterocycles. The predicted octanol–water partition coefficient (Wildman–Crippen LogP) is 2.63. The summed E-state index contributed by atoms with van der Waals surface area (Å²) in [6.45, 7) is 4.27. The summed E-state index contributed by atoms with van der Waals surface area (Å²) in [5.74, 6) is -0.0186. The van der Waals surface area contributed by atoms with E-state index in [4.69, 9.17) is 0 Å². The molecule has 84 valence electrons. The van der Waals surface area contributed by atoms with E-state index in [1.807, 2.05) is 11.0 Å². The summed E-state index contributed by atoms with van der Waals surface area (Å²) in [5.41, 5.74) is 0.483. The van der Waals surface area contributed by atoms with Crippen LogP contribution in [0.2, 0.25) is 0 Å². The van der Waals surface area contributed by atoms with Crippen molar-refractivity contribution in [1.29, 1.82) is 0 Å². The van der Waals surface area contributed by atoms with Crippen molar-refractivity contribution >= 4 is 21.8 Å². The molecule has 0 aromatic carbocycles. The van der Waals surface area contributed by atoms with Gasteiger partial charge in [0, 0.05) is 23.3 Å². The SMILES string of the molecule is C=CCN(C(=O)c1ncccc1Br)C1CC1. The van der Waals surface area contributed by atoms with Crippen LogP contribution >= 0.6 is 15.9 Å². The summed E-state index contributed by atoms with van der Waals surface area (Å²) in [7, 11) is 0. The van der Waals surface area contributed by atoms with Gasteiger partial charge >= 0.3 is 0 Å². The fourth-order valence-electron chi connectivity index (χ4n) is 1.60. The van der Waals surface area contributed by atoms with Crippen molar-refractivity contribution < 1.29 is 4.79 Å². The average molecular weight is 281 g/mol. The minimum atomic E-state index is -0.0186. The van der Waals surface area contributed by atoms with Crippen molar-refractivity contribution in [2.75, 3.05) is 6.54 Å². The molecule has 1 amide bonds. The van der Waals surface area contributed by atoms with Crippen molar-refractivity contribution in [2.24, 2.45) is 0 Å². The number of halogens is 1. The number of hydrogen-bond donors (Lipinski definition) is 0. The number of nitrogens with zero attached hydrogens (tertiary/aromatic N) is 2. The summed E-state index contributed by atoms with van der Waals surface area (Å²) in [5, 5.41) is 0. The Morgan fingerprint density at radius 3 is 3.00 bits per heavy atom. The second-order valence-electron chi connectivity index (χ2n) is 3.81. The monoisotopic (exact) mass is 280 g/mol. The lowest BCUT2D eigenvalue weighted by Crippen LogP contribution is -2.34. The topological polar surface area (TPSA) is 33.2 Å². The molecule has 0 bridgehead atoms. The van der Waals surface area contributed by atoms with E-state index in [0.717, 1.165) is 17.3 Å². The third-order valence-corrected chi connectivity index (χ3v) is 3.18. The fourth-order valence-corrected chi connectivity index (χ4v) is 2.03. The Morgan fingerprint density at radius 1 is 1.69 bits per heavy atom. The Morgan fingerprint density at radius 2 is 2.44 bits per heavy atom. The number of hydrogen-bond acceptors (Lipinski definition) is 2.